The highest BCUT2D eigenvalue weighted by atomic mass is 32.2. The Morgan fingerprint density at radius 1 is 0.328 bits per heavy atom. The third-order valence-electron chi connectivity index (χ3n) is 25.9. The molecule has 125 heavy (non-hydrogen) atoms. The first-order chi connectivity index (χ1) is 60.3. The molecule has 0 amide bonds. The van der Waals surface area contributed by atoms with Crippen molar-refractivity contribution in [1.29, 1.82) is 0 Å². The van der Waals surface area contributed by atoms with Gasteiger partial charge in [0.2, 0.25) is 40.1 Å². The topological polar surface area (TPSA) is 363 Å². The molecule has 11 heterocycles. The zero-order valence-electron chi connectivity index (χ0n) is 72.9. The molecule has 30 nitrogen and oxygen atoms in total. The predicted octanol–water partition coefficient (Wildman–Crippen LogP) is 11.0. The normalized spacial score (nSPS) is 27.1. The van der Waals surface area contributed by atoms with E-state index in [0.29, 0.717) is 50.1 Å². The second-order valence-electron chi connectivity index (χ2n) is 35.3. The highest BCUT2D eigenvalue weighted by molar-refractivity contribution is 7.89. The van der Waals surface area contributed by atoms with Gasteiger partial charge in [0.1, 0.15) is 29.6 Å². The second-order valence-corrected chi connectivity index (χ2v) is 42.4. The summed E-state index contributed by atoms with van der Waals surface area (Å²) in [5, 5.41) is 16.1. The first-order valence-electron chi connectivity index (χ1n) is 44.7. The van der Waals surface area contributed by atoms with E-state index in [0.717, 1.165) is 210 Å². The van der Waals surface area contributed by atoms with Crippen LogP contribution in [0.4, 0.5) is 23.3 Å². The average molecular weight is 1790 g/mol. The summed E-state index contributed by atoms with van der Waals surface area (Å²) >= 11 is 0. The maximum absolute atomic E-state index is 11.9. The number of sulfonamides is 4. The van der Waals surface area contributed by atoms with Crippen LogP contribution in [0.3, 0.4) is 0 Å². The Kier molecular flexibility index (Phi) is 34.8. The van der Waals surface area contributed by atoms with Gasteiger partial charge in [0.25, 0.3) is 0 Å². The first kappa shape index (κ1) is 94.4. The highest BCUT2D eigenvalue weighted by Crippen LogP contribution is 2.40. The Balaban J connectivity index is 0.000000143. The maximum Gasteiger partial charge on any atom is 0.208 e. The quantitative estimate of drug-likeness (QED) is 0.0354. The molecule has 8 aliphatic rings. The molecule has 4 unspecified atom stereocenters. The summed E-state index contributed by atoms with van der Waals surface area (Å²) < 4.78 is 132. The van der Waals surface area contributed by atoms with Gasteiger partial charge in [-0.2, -0.15) is 20.4 Å². The van der Waals surface area contributed by atoms with Crippen LogP contribution in [0.15, 0.2) is 177 Å². The summed E-state index contributed by atoms with van der Waals surface area (Å²) in [6, 6.07) is 37.8. The van der Waals surface area contributed by atoms with E-state index in [2.05, 4.69) is 132 Å². The zero-order valence-corrected chi connectivity index (χ0v) is 76.2. The Morgan fingerprint density at radius 3 is 0.976 bits per heavy atom. The standard InChI is InChI=1S/C25H35N3O3S.3C22H31N5O3S/c1-19-7-3-4-8-23(19)20-10-12-22(13-11-20)31-18-21-17-28(25-9-5-6-15-26-25)16-14-24(21)27-32(2,29)30;1-31(28,29)26-21-11-14-27(22-6-2-3-12-23-22)15-18(21)16-30-19-9-7-17(8-10-19)20-5-4-13-24-25-20;1-31(28,29)26-21-10-13-27(22-4-2-3-11-23-22)15-19(21)16-30-20-7-5-17(6-8-20)18-9-12-24-25-14-18;1-31(28,29)26-21-9-11-27(22-4-2-3-10-25-22)14-19(21)15-30-20-7-5-17(6-8-20)18-12-23-16-24-13-18/h3-9,15,20-22,24,27H,10-14,16-18H2,1-2H3;2-6,12-13,17-19,21,26H,7-11,14-16H2,1H3;2-4,9,11-12,14,17,19-21,26H,5-8,10,13,15-16H2,1H3;2-4,10,12-13,16-17,19-21,26H,5-9,11,14-15H2,1H3/t20?,21?,22?,24-;17?,18?,19?,21-;2*17?,19?,20?,21-/m0000/s1. The molecular formula is C91H128N18O12S4. The fraction of sp³-hybridized carbons (Fsp3) is 0.582. The molecule has 8 fully saturated rings. The van der Waals surface area contributed by atoms with Gasteiger partial charge in [-0.05, 0) is 242 Å². The van der Waals surface area contributed by atoms with Crippen molar-refractivity contribution in [3.8, 4) is 0 Å². The van der Waals surface area contributed by atoms with Crippen molar-refractivity contribution in [1.82, 2.24) is 69.2 Å². The molecule has 678 valence electrons. The number of benzene rings is 1. The third-order valence-corrected chi connectivity index (χ3v) is 28.9. The van der Waals surface area contributed by atoms with E-state index >= 15 is 0 Å². The van der Waals surface area contributed by atoms with Crippen molar-refractivity contribution in [3.05, 3.63) is 205 Å². The van der Waals surface area contributed by atoms with Crippen LogP contribution in [0.1, 0.15) is 180 Å². The number of ether oxygens (including phenoxy) is 4. The lowest BCUT2D eigenvalue weighted by Crippen LogP contribution is -2.52. The van der Waals surface area contributed by atoms with E-state index in [1.165, 1.54) is 47.3 Å². The van der Waals surface area contributed by atoms with Gasteiger partial charge in [-0.25, -0.2) is 82.5 Å². The van der Waals surface area contributed by atoms with Crippen molar-refractivity contribution in [2.24, 2.45) is 23.7 Å². The minimum absolute atomic E-state index is 0.0724. The summed E-state index contributed by atoms with van der Waals surface area (Å²) in [6.07, 6.45) is 43.4. The number of aryl methyl sites for hydroxylation is 1. The smallest absolute Gasteiger partial charge is 0.208 e. The maximum atomic E-state index is 11.9. The van der Waals surface area contributed by atoms with Crippen LogP contribution >= 0.6 is 0 Å². The Hall–Kier alpha value is -8.26. The van der Waals surface area contributed by atoms with Crippen molar-refractivity contribution in [2.75, 3.05) is 123 Å². The summed E-state index contributed by atoms with van der Waals surface area (Å²) in [4.78, 5) is 35.0. The zero-order chi connectivity index (χ0) is 87.6. The average Bonchev–Trinajstić information content (AvgIpc) is 0.832. The molecule has 4 aliphatic carbocycles. The van der Waals surface area contributed by atoms with Crippen LogP contribution in [0.2, 0.25) is 0 Å². The molecule has 0 radical (unpaired) electrons. The van der Waals surface area contributed by atoms with Crippen molar-refractivity contribution >= 4 is 63.4 Å². The van der Waals surface area contributed by atoms with Crippen LogP contribution in [0, 0.1) is 30.6 Å². The molecule has 0 bridgehead atoms. The van der Waals surface area contributed by atoms with E-state index in [9.17, 15) is 33.7 Å². The largest absolute Gasteiger partial charge is 0.378 e. The number of hydrogen-bond donors (Lipinski definition) is 4. The summed E-state index contributed by atoms with van der Waals surface area (Å²) in [6.45, 7) is 10.4. The van der Waals surface area contributed by atoms with Crippen LogP contribution < -0.4 is 38.5 Å². The molecule has 7 aromatic heterocycles. The number of nitrogens with one attached hydrogen (secondary N) is 4. The fourth-order valence-electron chi connectivity index (χ4n) is 19.4. The number of anilines is 4. The molecule has 4 saturated heterocycles. The van der Waals surface area contributed by atoms with Crippen molar-refractivity contribution < 1.29 is 52.6 Å². The Bertz CT molecular complexity index is 4620. The molecular weight excluding hydrogens is 1670 g/mol. The van der Waals surface area contributed by atoms with Gasteiger partial charge in [-0.3, -0.25) is 0 Å². The van der Waals surface area contributed by atoms with Crippen molar-refractivity contribution in [2.45, 2.75) is 208 Å². The van der Waals surface area contributed by atoms with Gasteiger partial charge in [0, 0.05) is 156 Å². The van der Waals surface area contributed by atoms with E-state index in [1.807, 2.05) is 97.5 Å². The van der Waals surface area contributed by atoms with Crippen LogP contribution in [-0.4, -0.2) is 236 Å². The van der Waals surface area contributed by atoms with Gasteiger partial charge < -0.3 is 38.5 Å². The molecule has 34 heteroatoms. The van der Waals surface area contributed by atoms with E-state index in [4.69, 9.17) is 18.9 Å². The van der Waals surface area contributed by atoms with Crippen LogP contribution in [0.5, 0.6) is 0 Å². The van der Waals surface area contributed by atoms with Crippen molar-refractivity contribution in [3.63, 3.8) is 0 Å². The molecule has 4 aliphatic heterocycles. The SMILES string of the molecule is CS(=O)(=O)N[C@H]1CCN(c2ccccn2)CC1COC1CCC(c2cccnn2)CC1.CS(=O)(=O)N[C@H]1CCN(c2ccccn2)CC1COC1CCC(c2ccnnc2)CC1.CS(=O)(=O)N[C@H]1CCN(c2ccccn2)CC1COC1CCC(c2cncnc2)CC1.Cc1ccccc1C1CCC(OCC2CN(c3ccccn3)CC[C@@H]2NS(C)(=O)=O)CC1. The predicted molar refractivity (Wildman–Crippen MR) is 486 cm³/mol. The summed E-state index contributed by atoms with van der Waals surface area (Å²) in [5.74, 6) is 6.11. The molecule has 4 N–H and O–H groups in total. The highest BCUT2D eigenvalue weighted by Gasteiger charge is 2.39. The number of nitrogens with zero attached hydrogens (tertiary/aromatic N) is 14. The lowest BCUT2D eigenvalue weighted by Gasteiger charge is -2.40. The van der Waals surface area contributed by atoms with Crippen LogP contribution in [0.25, 0.3) is 0 Å². The van der Waals surface area contributed by atoms with Gasteiger partial charge in [-0.15, -0.1) is 0 Å². The molecule has 0 spiro atoms. The second kappa shape index (κ2) is 46.1. The summed E-state index contributed by atoms with van der Waals surface area (Å²) in [7, 11) is -13.1. The van der Waals surface area contributed by atoms with Crippen LogP contribution in [-0.2, 0) is 59.0 Å². The molecule has 4 saturated carbocycles. The summed E-state index contributed by atoms with van der Waals surface area (Å²) in [5.41, 5.74) is 6.38. The number of hydrogen-bond acceptors (Lipinski definition) is 26. The number of pyridine rings is 4. The molecule has 8 atom stereocenters. The van der Waals surface area contributed by atoms with E-state index < -0.39 is 40.1 Å². The fourth-order valence-corrected chi connectivity index (χ4v) is 22.8. The number of piperidine rings is 4. The third kappa shape index (κ3) is 30.2. The number of aromatic nitrogens is 10. The van der Waals surface area contributed by atoms with Gasteiger partial charge in [0.15, 0.2) is 0 Å². The minimum atomic E-state index is -3.27. The Morgan fingerprint density at radius 2 is 0.664 bits per heavy atom. The first-order valence-corrected chi connectivity index (χ1v) is 52.2. The molecule has 8 aromatic rings. The van der Waals surface area contributed by atoms with Gasteiger partial charge >= 0.3 is 0 Å². The number of rotatable bonds is 28. The minimum Gasteiger partial charge on any atom is -0.378 e. The molecule has 16 rings (SSSR count). The van der Waals surface area contributed by atoms with Gasteiger partial charge in [0.05, 0.1) is 87.8 Å². The Labute approximate surface area is 740 Å². The lowest BCUT2D eigenvalue weighted by molar-refractivity contribution is -0.00245. The van der Waals surface area contributed by atoms with Gasteiger partial charge in [-0.1, -0.05) is 48.5 Å². The van der Waals surface area contributed by atoms with E-state index in [-0.39, 0.29) is 72.3 Å². The molecule has 1 aromatic carbocycles. The lowest BCUT2D eigenvalue weighted by atomic mass is 9.81. The van der Waals surface area contributed by atoms with E-state index in [1.54, 1.807) is 43.5 Å². The monoisotopic (exact) mass is 1790 g/mol.